The minimum Gasteiger partial charge on any atom is -0.496 e. The Hall–Kier alpha value is -3.74. The number of hydrogen-bond donors (Lipinski definition) is 1. The molecule has 146 valence electrons. The number of nitrogens with one attached hydrogen (secondary N) is 1. The Kier molecular flexibility index (Phi) is 4.72. The lowest BCUT2D eigenvalue weighted by Gasteiger charge is -2.12. The molecule has 29 heavy (non-hydrogen) atoms. The van der Waals surface area contributed by atoms with Crippen LogP contribution in [0.2, 0.25) is 0 Å². The van der Waals surface area contributed by atoms with E-state index in [1.54, 1.807) is 31.4 Å². The first-order chi connectivity index (χ1) is 14.0. The third-order valence-corrected chi connectivity index (χ3v) is 4.69. The molecular weight excluding hydrogens is 371 g/mol. The van der Waals surface area contributed by atoms with Crippen molar-refractivity contribution in [2.24, 2.45) is 0 Å². The number of aryl methyl sites for hydroxylation is 2. The number of benzene rings is 3. The van der Waals surface area contributed by atoms with Gasteiger partial charge in [0.15, 0.2) is 0 Å². The van der Waals surface area contributed by atoms with Crippen LogP contribution in [0.25, 0.3) is 16.7 Å². The van der Waals surface area contributed by atoms with Crippen LogP contribution < -0.4 is 10.1 Å². The van der Waals surface area contributed by atoms with Gasteiger partial charge in [-0.05, 0) is 67.4 Å². The highest BCUT2D eigenvalue weighted by Gasteiger charge is 2.16. The number of aromatic nitrogens is 3. The Balaban J connectivity index is 1.68. The third kappa shape index (κ3) is 3.54. The molecule has 0 bridgehead atoms. The number of nitrogens with zero attached hydrogens (tertiary/aromatic N) is 3. The van der Waals surface area contributed by atoms with Crippen LogP contribution in [0.1, 0.15) is 21.5 Å². The highest BCUT2D eigenvalue weighted by atomic mass is 19.1. The van der Waals surface area contributed by atoms with Gasteiger partial charge in [-0.2, -0.15) is 4.80 Å². The molecule has 0 fully saturated rings. The van der Waals surface area contributed by atoms with Gasteiger partial charge in [0.2, 0.25) is 0 Å². The number of carbonyl (C=O) groups is 1. The quantitative estimate of drug-likeness (QED) is 0.559. The van der Waals surface area contributed by atoms with Crippen molar-refractivity contribution in [3.63, 3.8) is 0 Å². The third-order valence-electron chi connectivity index (χ3n) is 4.69. The molecule has 4 aromatic rings. The number of rotatable bonds is 4. The van der Waals surface area contributed by atoms with Crippen molar-refractivity contribution in [1.82, 2.24) is 15.0 Å². The van der Waals surface area contributed by atoms with Crippen molar-refractivity contribution in [2.75, 3.05) is 12.4 Å². The van der Waals surface area contributed by atoms with E-state index in [2.05, 4.69) is 15.5 Å². The largest absolute Gasteiger partial charge is 0.496 e. The van der Waals surface area contributed by atoms with Crippen molar-refractivity contribution in [1.29, 1.82) is 0 Å². The topological polar surface area (TPSA) is 69.0 Å². The second kappa shape index (κ2) is 7.35. The zero-order valence-electron chi connectivity index (χ0n) is 16.2. The van der Waals surface area contributed by atoms with E-state index < -0.39 is 0 Å². The van der Waals surface area contributed by atoms with Crippen LogP contribution in [0.4, 0.5) is 10.1 Å². The molecule has 3 aromatic carbocycles. The van der Waals surface area contributed by atoms with Gasteiger partial charge in [0.1, 0.15) is 22.6 Å². The van der Waals surface area contributed by atoms with Gasteiger partial charge in [0, 0.05) is 5.69 Å². The number of fused-ring (bicyclic) bond motifs is 1. The lowest BCUT2D eigenvalue weighted by molar-refractivity contribution is 0.102. The fourth-order valence-corrected chi connectivity index (χ4v) is 3.18. The van der Waals surface area contributed by atoms with Gasteiger partial charge < -0.3 is 10.1 Å². The summed E-state index contributed by atoms with van der Waals surface area (Å²) in [5, 5.41) is 11.8. The average Bonchev–Trinajstić information content (AvgIpc) is 3.11. The molecule has 0 atom stereocenters. The van der Waals surface area contributed by atoms with Crippen molar-refractivity contribution in [3.05, 3.63) is 77.1 Å². The van der Waals surface area contributed by atoms with E-state index in [-0.39, 0.29) is 11.7 Å². The first-order valence-electron chi connectivity index (χ1n) is 9.05. The predicted molar refractivity (Wildman–Crippen MR) is 109 cm³/mol. The van der Waals surface area contributed by atoms with Crippen LogP contribution in [-0.2, 0) is 0 Å². The zero-order valence-corrected chi connectivity index (χ0v) is 16.2. The van der Waals surface area contributed by atoms with Crippen LogP contribution >= 0.6 is 0 Å². The van der Waals surface area contributed by atoms with Gasteiger partial charge in [0.25, 0.3) is 5.91 Å². The number of hydrogen-bond acceptors (Lipinski definition) is 4. The normalized spacial score (nSPS) is 10.9. The number of carbonyl (C=O) groups excluding carboxylic acids is 1. The van der Waals surface area contributed by atoms with Crippen LogP contribution in [0.15, 0.2) is 54.6 Å². The fourth-order valence-electron chi connectivity index (χ4n) is 3.18. The lowest BCUT2D eigenvalue weighted by Crippen LogP contribution is -2.14. The van der Waals surface area contributed by atoms with E-state index in [0.717, 1.165) is 11.1 Å². The number of methoxy groups -OCH3 is 1. The van der Waals surface area contributed by atoms with Crippen LogP contribution in [0.5, 0.6) is 5.75 Å². The molecule has 4 rings (SSSR count). The van der Waals surface area contributed by atoms with E-state index in [4.69, 9.17) is 4.74 Å². The zero-order chi connectivity index (χ0) is 20.5. The Bertz CT molecular complexity index is 1220. The Morgan fingerprint density at radius 2 is 1.69 bits per heavy atom. The molecule has 0 aliphatic heterocycles. The molecule has 0 spiro atoms. The van der Waals surface area contributed by atoms with E-state index in [1.807, 2.05) is 32.0 Å². The molecule has 0 aliphatic carbocycles. The van der Waals surface area contributed by atoms with Crippen LogP contribution in [-0.4, -0.2) is 28.0 Å². The molecule has 1 N–H and O–H groups in total. The number of ether oxygens (including phenoxy) is 1. The monoisotopic (exact) mass is 390 g/mol. The molecule has 1 amide bonds. The maximum atomic E-state index is 13.2. The summed E-state index contributed by atoms with van der Waals surface area (Å²) in [4.78, 5) is 14.3. The first-order valence-corrected chi connectivity index (χ1v) is 9.05. The fraction of sp³-hybridized carbons (Fsp3) is 0.136. The second-order valence-corrected chi connectivity index (χ2v) is 6.73. The van der Waals surface area contributed by atoms with Crippen molar-refractivity contribution in [3.8, 4) is 11.4 Å². The van der Waals surface area contributed by atoms with Gasteiger partial charge in [-0.15, -0.1) is 10.2 Å². The summed E-state index contributed by atoms with van der Waals surface area (Å²) in [6.45, 7) is 3.78. The van der Waals surface area contributed by atoms with Crippen molar-refractivity contribution in [2.45, 2.75) is 13.8 Å². The minimum atomic E-state index is -0.321. The van der Waals surface area contributed by atoms with Gasteiger partial charge in [0.05, 0.1) is 18.4 Å². The highest BCUT2D eigenvalue weighted by molar-refractivity contribution is 6.07. The molecule has 0 saturated carbocycles. The summed E-state index contributed by atoms with van der Waals surface area (Å²) in [5.74, 6) is -0.0391. The summed E-state index contributed by atoms with van der Waals surface area (Å²) in [5.41, 5.74) is 4.78. The van der Waals surface area contributed by atoms with Crippen LogP contribution in [0.3, 0.4) is 0 Å². The molecular formula is C22H19FN4O2. The van der Waals surface area contributed by atoms with E-state index in [1.165, 1.54) is 16.9 Å². The standard InChI is InChI=1S/C22H19FN4O2/c1-13-5-4-6-17(21(13)29-3)22(28)24-18-12-20-19(11-14(18)2)25-27(26-20)16-9-7-15(23)8-10-16/h4-12H,1-3H3,(H,24,28). The van der Waals surface area contributed by atoms with Crippen molar-refractivity contribution < 1.29 is 13.9 Å². The molecule has 1 aromatic heterocycles. The van der Waals surface area contributed by atoms with Gasteiger partial charge in [-0.25, -0.2) is 4.39 Å². The maximum absolute atomic E-state index is 13.2. The number of para-hydroxylation sites is 1. The summed E-state index contributed by atoms with van der Waals surface area (Å²) < 4.78 is 18.5. The second-order valence-electron chi connectivity index (χ2n) is 6.73. The number of halogens is 1. The summed E-state index contributed by atoms with van der Waals surface area (Å²) in [6, 6.07) is 15.0. The van der Waals surface area contributed by atoms with E-state index >= 15 is 0 Å². The summed E-state index contributed by atoms with van der Waals surface area (Å²) in [7, 11) is 1.55. The summed E-state index contributed by atoms with van der Waals surface area (Å²) >= 11 is 0. The van der Waals surface area contributed by atoms with E-state index in [0.29, 0.717) is 33.7 Å². The smallest absolute Gasteiger partial charge is 0.259 e. The predicted octanol–water partition coefficient (Wildman–Crippen LogP) is 4.44. The minimum absolute atomic E-state index is 0.265. The molecule has 0 saturated heterocycles. The SMILES string of the molecule is COc1c(C)cccc1C(=O)Nc1cc2nn(-c3ccc(F)cc3)nc2cc1C. The number of anilines is 1. The first kappa shape index (κ1) is 18.6. The average molecular weight is 390 g/mol. The molecule has 0 radical (unpaired) electrons. The number of amides is 1. The van der Waals surface area contributed by atoms with Gasteiger partial charge in [-0.3, -0.25) is 4.79 Å². The highest BCUT2D eigenvalue weighted by Crippen LogP contribution is 2.26. The van der Waals surface area contributed by atoms with E-state index in [9.17, 15) is 9.18 Å². The van der Waals surface area contributed by atoms with Gasteiger partial charge >= 0.3 is 0 Å². The Morgan fingerprint density at radius 1 is 1.00 bits per heavy atom. The van der Waals surface area contributed by atoms with Crippen LogP contribution in [0, 0.1) is 19.7 Å². The molecule has 7 heteroatoms. The Morgan fingerprint density at radius 3 is 2.38 bits per heavy atom. The summed E-state index contributed by atoms with van der Waals surface area (Å²) in [6.07, 6.45) is 0. The molecule has 1 heterocycles. The molecule has 0 unspecified atom stereocenters. The van der Waals surface area contributed by atoms with Gasteiger partial charge in [-0.1, -0.05) is 12.1 Å². The lowest BCUT2D eigenvalue weighted by atomic mass is 10.1. The van der Waals surface area contributed by atoms with Crippen molar-refractivity contribution >= 4 is 22.6 Å². The maximum Gasteiger partial charge on any atom is 0.259 e. The molecule has 0 aliphatic rings. The molecule has 6 nitrogen and oxygen atoms in total. The Labute approximate surface area is 166 Å².